The lowest BCUT2D eigenvalue weighted by Crippen LogP contribution is -1.75. The summed E-state index contributed by atoms with van der Waals surface area (Å²) in [5.41, 5.74) is 0. The van der Waals surface area contributed by atoms with Crippen LogP contribution in [0.25, 0.3) is 0 Å². The van der Waals surface area contributed by atoms with E-state index < -0.39 is 0 Å². The predicted octanol–water partition coefficient (Wildman–Crippen LogP) is 5.07. The Hall–Kier alpha value is -0.450. The van der Waals surface area contributed by atoms with Crippen LogP contribution in [0.15, 0.2) is 61.2 Å². The van der Waals surface area contributed by atoms with E-state index in [9.17, 15) is 5.11 Å². The van der Waals surface area contributed by atoms with Crippen molar-refractivity contribution in [3.63, 3.8) is 0 Å². The van der Waals surface area contributed by atoms with Crippen molar-refractivity contribution in [2.24, 2.45) is 0 Å². The molecule has 2 aromatic carbocycles. The number of rotatable bonds is 2. The summed E-state index contributed by atoms with van der Waals surface area (Å²) < 4.78 is 1.78. The van der Waals surface area contributed by atoms with Crippen LogP contribution in [0.4, 0.5) is 0 Å². The van der Waals surface area contributed by atoms with E-state index >= 15 is 0 Å². The summed E-state index contributed by atoms with van der Waals surface area (Å²) in [5, 5.41) is 9.55. The Labute approximate surface area is 115 Å². The van der Waals surface area contributed by atoms with Gasteiger partial charge in [0.05, 0.1) is 4.47 Å². The van der Waals surface area contributed by atoms with Gasteiger partial charge >= 0.3 is 0 Å². The number of hydrogen-bond acceptors (Lipinski definition) is 2. The van der Waals surface area contributed by atoms with E-state index in [0.29, 0.717) is 4.47 Å². The van der Waals surface area contributed by atoms with E-state index in [0.717, 1.165) is 14.3 Å². The minimum Gasteiger partial charge on any atom is -0.507 e. The van der Waals surface area contributed by atoms with Crippen LogP contribution in [0.5, 0.6) is 5.75 Å². The highest BCUT2D eigenvalue weighted by Gasteiger charge is 2.01. The quantitative estimate of drug-likeness (QED) is 0.807. The largest absolute Gasteiger partial charge is 0.507 e. The van der Waals surface area contributed by atoms with Crippen molar-refractivity contribution in [3.8, 4) is 5.75 Å². The molecule has 0 spiro atoms. The molecule has 2 rings (SSSR count). The van der Waals surface area contributed by atoms with Crippen molar-refractivity contribution >= 4 is 43.6 Å². The lowest BCUT2D eigenvalue weighted by molar-refractivity contribution is 0.470. The van der Waals surface area contributed by atoms with E-state index in [1.54, 1.807) is 17.8 Å². The molecule has 0 saturated heterocycles. The molecule has 0 aliphatic carbocycles. The van der Waals surface area contributed by atoms with Crippen LogP contribution < -0.4 is 0 Å². The molecule has 0 bridgehead atoms. The number of benzene rings is 2. The average molecular weight is 360 g/mol. The lowest BCUT2D eigenvalue weighted by atomic mass is 10.3. The number of phenols is 1. The summed E-state index contributed by atoms with van der Waals surface area (Å²) in [6.07, 6.45) is 0. The second kappa shape index (κ2) is 5.25. The van der Waals surface area contributed by atoms with Gasteiger partial charge in [-0.1, -0.05) is 27.7 Å². The lowest BCUT2D eigenvalue weighted by Gasteiger charge is -2.03. The Morgan fingerprint density at radius 3 is 2.12 bits per heavy atom. The summed E-state index contributed by atoms with van der Waals surface area (Å²) in [6.45, 7) is 0. The van der Waals surface area contributed by atoms with Gasteiger partial charge in [0.1, 0.15) is 5.75 Å². The maximum Gasteiger partial charge on any atom is 0.130 e. The van der Waals surface area contributed by atoms with E-state index in [2.05, 4.69) is 31.9 Å². The van der Waals surface area contributed by atoms with Crippen molar-refractivity contribution in [3.05, 3.63) is 51.4 Å². The van der Waals surface area contributed by atoms with E-state index in [4.69, 9.17) is 0 Å². The summed E-state index contributed by atoms with van der Waals surface area (Å²) in [5.74, 6) is 0.266. The maximum absolute atomic E-state index is 9.55. The molecule has 0 radical (unpaired) electrons. The summed E-state index contributed by atoms with van der Waals surface area (Å²) in [6, 6.07) is 13.6. The van der Waals surface area contributed by atoms with E-state index in [1.807, 2.05) is 36.4 Å². The molecule has 82 valence electrons. The van der Waals surface area contributed by atoms with Gasteiger partial charge in [0.15, 0.2) is 0 Å². The van der Waals surface area contributed by atoms with Gasteiger partial charge < -0.3 is 5.11 Å². The van der Waals surface area contributed by atoms with Gasteiger partial charge in [-0.2, -0.15) is 0 Å². The fourth-order valence-electron chi connectivity index (χ4n) is 1.19. The minimum atomic E-state index is 0.266. The van der Waals surface area contributed by atoms with Crippen LogP contribution in [0.2, 0.25) is 0 Å². The Morgan fingerprint density at radius 2 is 1.50 bits per heavy atom. The van der Waals surface area contributed by atoms with Crippen LogP contribution in [0, 0.1) is 0 Å². The molecule has 0 heterocycles. The van der Waals surface area contributed by atoms with Crippen LogP contribution >= 0.6 is 43.6 Å². The number of halogens is 2. The van der Waals surface area contributed by atoms with Crippen LogP contribution in [0.1, 0.15) is 0 Å². The molecule has 1 N–H and O–H groups in total. The third kappa shape index (κ3) is 3.03. The Morgan fingerprint density at radius 1 is 0.875 bits per heavy atom. The maximum atomic E-state index is 9.55. The Kier molecular flexibility index (Phi) is 3.95. The fourth-order valence-corrected chi connectivity index (χ4v) is 2.56. The molecule has 0 aliphatic heterocycles. The number of phenolic OH excluding ortho intramolecular Hbond substituents is 1. The normalized spacial score (nSPS) is 10.4. The van der Waals surface area contributed by atoms with Crippen molar-refractivity contribution in [1.82, 2.24) is 0 Å². The molecule has 0 aliphatic rings. The zero-order valence-corrected chi connectivity index (χ0v) is 12.1. The van der Waals surface area contributed by atoms with Crippen LogP contribution in [0.3, 0.4) is 0 Å². The molecule has 2 aromatic rings. The molecule has 4 heteroatoms. The first kappa shape index (κ1) is 12.0. The van der Waals surface area contributed by atoms with E-state index in [-0.39, 0.29) is 5.75 Å². The molecular formula is C12H8Br2OS. The Bertz CT molecular complexity index is 497. The van der Waals surface area contributed by atoms with Crippen molar-refractivity contribution in [2.45, 2.75) is 9.79 Å². The van der Waals surface area contributed by atoms with E-state index in [1.165, 1.54) is 0 Å². The molecule has 0 atom stereocenters. The molecule has 1 nitrogen and oxygen atoms in total. The topological polar surface area (TPSA) is 20.2 Å². The average Bonchev–Trinajstić information content (AvgIpc) is 2.27. The van der Waals surface area contributed by atoms with Gasteiger partial charge in [-0.25, -0.2) is 0 Å². The van der Waals surface area contributed by atoms with Gasteiger partial charge in [0.2, 0.25) is 0 Å². The first-order chi connectivity index (χ1) is 7.65. The van der Waals surface area contributed by atoms with Gasteiger partial charge in [0.25, 0.3) is 0 Å². The third-order valence-corrected chi connectivity index (χ3v) is 4.16. The molecule has 0 fully saturated rings. The first-order valence-corrected chi connectivity index (χ1v) is 6.97. The number of aromatic hydroxyl groups is 1. The highest BCUT2D eigenvalue weighted by molar-refractivity contribution is 9.10. The first-order valence-electron chi connectivity index (χ1n) is 4.57. The summed E-state index contributed by atoms with van der Waals surface area (Å²) in [7, 11) is 0. The van der Waals surface area contributed by atoms with Crippen molar-refractivity contribution in [2.75, 3.05) is 0 Å². The number of hydrogen-bond donors (Lipinski definition) is 1. The van der Waals surface area contributed by atoms with Gasteiger partial charge in [-0.3, -0.25) is 0 Å². The van der Waals surface area contributed by atoms with Crippen LogP contribution in [-0.2, 0) is 0 Å². The highest BCUT2D eigenvalue weighted by atomic mass is 79.9. The van der Waals surface area contributed by atoms with Gasteiger partial charge in [0, 0.05) is 14.3 Å². The molecule has 16 heavy (non-hydrogen) atoms. The fraction of sp³-hybridized carbons (Fsp3) is 0. The minimum absolute atomic E-state index is 0.266. The summed E-state index contributed by atoms with van der Waals surface area (Å²) in [4.78, 5) is 2.16. The molecule has 0 saturated carbocycles. The van der Waals surface area contributed by atoms with Gasteiger partial charge in [-0.05, 0) is 58.4 Å². The standard InChI is InChI=1S/C12H8Br2OS/c13-8-1-3-9(4-2-8)16-10-5-6-11(14)12(15)7-10/h1-7,15H. The highest BCUT2D eigenvalue weighted by Crippen LogP contribution is 2.33. The molecular weight excluding hydrogens is 352 g/mol. The zero-order chi connectivity index (χ0) is 11.5. The Balaban J connectivity index is 2.20. The second-order valence-electron chi connectivity index (χ2n) is 3.17. The predicted molar refractivity (Wildman–Crippen MR) is 74.1 cm³/mol. The molecule has 0 unspecified atom stereocenters. The van der Waals surface area contributed by atoms with Gasteiger partial charge in [-0.15, -0.1) is 0 Å². The smallest absolute Gasteiger partial charge is 0.130 e. The second-order valence-corrected chi connectivity index (χ2v) is 6.09. The third-order valence-electron chi connectivity index (χ3n) is 1.97. The van der Waals surface area contributed by atoms with Crippen molar-refractivity contribution in [1.29, 1.82) is 0 Å². The molecule has 0 aromatic heterocycles. The SMILES string of the molecule is Oc1cc(Sc2ccc(Br)cc2)ccc1Br. The zero-order valence-electron chi connectivity index (χ0n) is 8.15. The van der Waals surface area contributed by atoms with Crippen LogP contribution in [-0.4, -0.2) is 5.11 Å². The summed E-state index contributed by atoms with van der Waals surface area (Å²) >= 11 is 8.27. The van der Waals surface area contributed by atoms with Crippen molar-refractivity contribution < 1.29 is 5.11 Å². The monoisotopic (exact) mass is 358 g/mol. The molecule has 0 amide bonds.